The van der Waals surface area contributed by atoms with Gasteiger partial charge in [-0.15, -0.1) is 0 Å². The summed E-state index contributed by atoms with van der Waals surface area (Å²) in [6.07, 6.45) is 1.27. The van der Waals surface area contributed by atoms with Crippen LogP contribution in [0.25, 0.3) is 11.0 Å². The quantitative estimate of drug-likeness (QED) is 0.799. The van der Waals surface area contributed by atoms with Gasteiger partial charge in [-0.1, -0.05) is 0 Å². The normalized spacial score (nSPS) is 19.9. The number of hydrogen-bond acceptors (Lipinski definition) is 3. The number of aromatic nitrogens is 2. The van der Waals surface area contributed by atoms with Crippen LogP contribution in [0.1, 0.15) is 6.42 Å². The van der Waals surface area contributed by atoms with E-state index in [1.165, 1.54) is 0 Å². The van der Waals surface area contributed by atoms with Crippen LogP contribution in [-0.2, 0) is 7.05 Å². The summed E-state index contributed by atoms with van der Waals surface area (Å²) in [4.78, 5) is 14.3. The van der Waals surface area contributed by atoms with Gasteiger partial charge in [0.25, 0.3) is 0 Å². The summed E-state index contributed by atoms with van der Waals surface area (Å²) in [7, 11) is 1.75. The summed E-state index contributed by atoms with van der Waals surface area (Å²) < 4.78 is 7.43. The van der Waals surface area contributed by atoms with E-state index in [2.05, 4.69) is 10.3 Å². The number of rotatable bonds is 2. The van der Waals surface area contributed by atoms with Crippen molar-refractivity contribution in [1.29, 1.82) is 0 Å². The van der Waals surface area contributed by atoms with Crippen LogP contribution in [-0.4, -0.2) is 28.7 Å². The number of aryl methyl sites for hydroxylation is 1. The number of H-pyrrole nitrogens is 1. The SMILES string of the molecule is Cn1c(=O)[nH]c2cc(OC3CCNC3)ccc21. The van der Waals surface area contributed by atoms with Crippen molar-refractivity contribution >= 4 is 11.0 Å². The maximum Gasteiger partial charge on any atom is 0.326 e. The fourth-order valence-corrected chi connectivity index (χ4v) is 2.21. The molecule has 0 radical (unpaired) electrons. The Labute approximate surface area is 98.4 Å². The molecule has 17 heavy (non-hydrogen) atoms. The van der Waals surface area contributed by atoms with Gasteiger partial charge in [0.15, 0.2) is 0 Å². The van der Waals surface area contributed by atoms with Crippen molar-refractivity contribution in [1.82, 2.24) is 14.9 Å². The van der Waals surface area contributed by atoms with Gasteiger partial charge in [0, 0.05) is 19.7 Å². The minimum atomic E-state index is -0.0975. The fourth-order valence-electron chi connectivity index (χ4n) is 2.21. The summed E-state index contributed by atoms with van der Waals surface area (Å²) in [6.45, 7) is 1.90. The third kappa shape index (κ3) is 1.82. The second-order valence-corrected chi connectivity index (χ2v) is 4.40. The molecular formula is C12H15N3O2. The zero-order valence-corrected chi connectivity index (χ0v) is 9.69. The molecule has 5 nitrogen and oxygen atoms in total. The summed E-state index contributed by atoms with van der Waals surface area (Å²) in [5.74, 6) is 0.813. The van der Waals surface area contributed by atoms with Gasteiger partial charge >= 0.3 is 5.69 Å². The van der Waals surface area contributed by atoms with Crippen molar-refractivity contribution in [2.75, 3.05) is 13.1 Å². The largest absolute Gasteiger partial charge is 0.489 e. The van der Waals surface area contributed by atoms with Crippen molar-refractivity contribution in [2.45, 2.75) is 12.5 Å². The van der Waals surface area contributed by atoms with Crippen LogP contribution in [0.2, 0.25) is 0 Å². The van der Waals surface area contributed by atoms with Gasteiger partial charge in [-0.05, 0) is 25.1 Å². The van der Waals surface area contributed by atoms with Crippen LogP contribution >= 0.6 is 0 Å². The summed E-state index contributed by atoms with van der Waals surface area (Å²) in [5, 5.41) is 3.26. The summed E-state index contributed by atoms with van der Waals surface area (Å²) >= 11 is 0. The molecule has 1 aliphatic rings. The van der Waals surface area contributed by atoms with E-state index in [9.17, 15) is 4.79 Å². The van der Waals surface area contributed by atoms with Crippen molar-refractivity contribution in [3.8, 4) is 5.75 Å². The number of fused-ring (bicyclic) bond motifs is 1. The number of hydrogen-bond donors (Lipinski definition) is 2. The predicted octanol–water partition coefficient (Wildman–Crippen LogP) is 0.607. The molecule has 1 unspecified atom stereocenters. The first kappa shape index (κ1) is 10.4. The van der Waals surface area contributed by atoms with Gasteiger partial charge in [0.05, 0.1) is 11.0 Å². The molecule has 1 aromatic carbocycles. The lowest BCUT2D eigenvalue weighted by Crippen LogP contribution is -2.19. The average molecular weight is 233 g/mol. The number of ether oxygens (including phenoxy) is 1. The highest BCUT2D eigenvalue weighted by Gasteiger charge is 2.16. The molecule has 0 amide bonds. The van der Waals surface area contributed by atoms with Gasteiger partial charge in [-0.3, -0.25) is 4.57 Å². The van der Waals surface area contributed by atoms with Crippen LogP contribution in [0.15, 0.2) is 23.0 Å². The Morgan fingerprint density at radius 2 is 2.35 bits per heavy atom. The molecule has 1 aliphatic heterocycles. The minimum absolute atomic E-state index is 0.0975. The Morgan fingerprint density at radius 1 is 1.47 bits per heavy atom. The molecule has 0 saturated carbocycles. The third-order valence-electron chi connectivity index (χ3n) is 3.19. The van der Waals surface area contributed by atoms with E-state index in [0.717, 1.165) is 36.3 Å². The first-order chi connectivity index (χ1) is 8.24. The van der Waals surface area contributed by atoms with Gasteiger partial charge in [-0.25, -0.2) is 4.79 Å². The molecule has 1 fully saturated rings. The molecule has 5 heteroatoms. The Bertz CT molecular complexity index is 593. The van der Waals surface area contributed by atoms with Crippen LogP contribution in [0.4, 0.5) is 0 Å². The van der Waals surface area contributed by atoms with Crippen LogP contribution in [0.3, 0.4) is 0 Å². The molecule has 0 aliphatic carbocycles. The zero-order chi connectivity index (χ0) is 11.8. The summed E-state index contributed by atoms with van der Waals surface area (Å²) in [5.41, 5.74) is 1.62. The monoisotopic (exact) mass is 233 g/mol. The van der Waals surface area contributed by atoms with E-state index < -0.39 is 0 Å². The van der Waals surface area contributed by atoms with E-state index in [1.54, 1.807) is 11.6 Å². The van der Waals surface area contributed by atoms with Gasteiger partial charge < -0.3 is 15.0 Å². The zero-order valence-electron chi connectivity index (χ0n) is 9.69. The lowest BCUT2D eigenvalue weighted by atomic mass is 10.2. The van der Waals surface area contributed by atoms with E-state index in [-0.39, 0.29) is 11.8 Å². The average Bonchev–Trinajstić information content (AvgIpc) is 2.89. The second-order valence-electron chi connectivity index (χ2n) is 4.40. The highest BCUT2D eigenvalue weighted by atomic mass is 16.5. The lowest BCUT2D eigenvalue weighted by molar-refractivity contribution is 0.223. The van der Waals surface area contributed by atoms with Gasteiger partial charge in [0.2, 0.25) is 0 Å². The lowest BCUT2D eigenvalue weighted by Gasteiger charge is -2.12. The molecule has 1 saturated heterocycles. The fraction of sp³-hybridized carbons (Fsp3) is 0.417. The van der Waals surface area contributed by atoms with Crippen LogP contribution < -0.4 is 15.7 Å². The molecule has 2 heterocycles. The van der Waals surface area contributed by atoms with Crippen molar-refractivity contribution < 1.29 is 4.74 Å². The van der Waals surface area contributed by atoms with E-state index in [1.807, 2.05) is 18.2 Å². The van der Waals surface area contributed by atoms with Crippen LogP contribution in [0.5, 0.6) is 5.75 Å². The maximum atomic E-state index is 11.5. The third-order valence-corrected chi connectivity index (χ3v) is 3.19. The number of aromatic amines is 1. The molecule has 3 rings (SSSR count). The Hall–Kier alpha value is -1.75. The predicted molar refractivity (Wildman–Crippen MR) is 65.4 cm³/mol. The Kier molecular flexibility index (Phi) is 2.40. The highest BCUT2D eigenvalue weighted by molar-refractivity contribution is 5.76. The maximum absolute atomic E-state index is 11.5. The molecule has 1 atom stereocenters. The van der Waals surface area contributed by atoms with E-state index >= 15 is 0 Å². The number of nitrogens with one attached hydrogen (secondary N) is 2. The van der Waals surface area contributed by atoms with Crippen molar-refractivity contribution in [2.24, 2.45) is 7.05 Å². The standard InChI is InChI=1S/C12H15N3O2/c1-15-11-3-2-8(6-10(11)14-12(15)16)17-9-4-5-13-7-9/h2-3,6,9,13H,4-5,7H2,1H3,(H,14,16). The molecule has 2 aromatic rings. The number of benzene rings is 1. The molecule has 0 bridgehead atoms. The Morgan fingerprint density at radius 3 is 3.12 bits per heavy atom. The van der Waals surface area contributed by atoms with Crippen molar-refractivity contribution in [3.63, 3.8) is 0 Å². The summed E-state index contributed by atoms with van der Waals surface area (Å²) in [6, 6.07) is 5.70. The van der Waals surface area contributed by atoms with E-state index in [0.29, 0.717) is 0 Å². The molecule has 2 N–H and O–H groups in total. The first-order valence-electron chi connectivity index (χ1n) is 5.80. The molecular weight excluding hydrogens is 218 g/mol. The topological polar surface area (TPSA) is 59.0 Å². The second kappa shape index (κ2) is 3.92. The van der Waals surface area contributed by atoms with Crippen LogP contribution in [0, 0.1) is 0 Å². The molecule has 1 aromatic heterocycles. The molecule has 90 valence electrons. The molecule has 0 spiro atoms. The smallest absolute Gasteiger partial charge is 0.326 e. The first-order valence-corrected chi connectivity index (χ1v) is 5.80. The van der Waals surface area contributed by atoms with Crippen molar-refractivity contribution in [3.05, 3.63) is 28.7 Å². The number of nitrogens with zero attached hydrogens (tertiary/aromatic N) is 1. The Balaban J connectivity index is 1.93. The van der Waals surface area contributed by atoms with Gasteiger partial charge in [-0.2, -0.15) is 0 Å². The number of imidazole rings is 1. The minimum Gasteiger partial charge on any atom is -0.489 e. The highest BCUT2D eigenvalue weighted by Crippen LogP contribution is 2.20. The van der Waals surface area contributed by atoms with E-state index in [4.69, 9.17) is 4.74 Å². The van der Waals surface area contributed by atoms with Gasteiger partial charge in [0.1, 0.15) is 11.9 Å².